The van der Waals surface area contributed by atoms with E-state index in [1.54, 1.807) is 24.3 Å². The molecule has 3 rings (SSSR count). The molecule has 1 heterocycles. The molecule has 0 saturated carbocycles. The molecule has 0 fully saturated rings. The van der Waals surface area contributed by atoms with Gasteiger partial charge >= 0.3 is 0 Å². The molecule has 0 aliphatic carbocycles. The highest BCUT2D eigenvalue weighted by Crippen LogP contribution is 2.31. The summed E-state index contributed by atoms with van der Waals surface area (Å²) in [5.74, 6) is 0.143. The molecule has 0 aromatic heterocycles. The summed E-state index contributed by atoms with van der Waals surface area (Å²) < 4.78 is 10.9. The normalized spacial score (nSPS) is 12.6. The zero-order valence-electron chi connectivity index (χ0n) is 16.1. The van der Waals surface area contributed by atoms with Gasteiger partial charge in [-0.15, -0.1) is 0 Å². The van der Waals surface area contributed by atoms with Crippen LogP contribution < -0.4 is 25.2 Å². The lowest BCUT2D eigenvalue weighted by Gasteiger charge is -2.28. The first-order chi connectivity index (χ1) is 14.0. The highest BCUT2D eigenvalue weighted by atomic mass is 16.5. The minimum atomic E-state index is -0.501. The van der Waals surface area contributed by atoms with E-state index in [2.05, 4.69) is 10.9 Å². The fourth-order valence-electron chi connectivity index (χ4n) is 2.84. The van der Waals surface area contributed by atoms with Gasteiger partial charge in [0.05, 0.1) is 12.3 Å². The van der Waals surface area contributed by atoms with Gasteiger partial charge < -0.3 is 9.47 Å². The second-order valence-electron chi connectivity index (χ2n) is 6.60. The smallest absolute Gasteiger partial charge is 0.265 e. The van der Waals surface area contributed by atoms with Crippen LogP contribution in [-0.2, 0) is 14.4 Å². The minimum Gasteiger partial charge on any atom is -0.494 e. The van der Waals surface area contributed by atoms with E-state index in [0.717, 1.165) is 11.3 Å². The van der Waals surface area contributed by atoms with E-state index < -0.39 is 5.91 Å². The molecule has 8 heteroatoms. The Kier molecular flexibility index (Phi) is 6.67. The number of amides is 3. The highest BCUT2D eigenvalue weighted by molar-refractivity contribution is 6.02. The SMILES string of the molecule is Cc1cccc(OCCCC(=O)NNC(=O)CN2C(=O)COc3ccccc32)c1. The summed E-state index contributed by atoms with van der Waals surface area (Å²) in [6, 6.07) is 14.6. The second kappa shape index (κ2) is 9.59. The zero-order chi connectivity index (χ0) is 20.6. The molecule has 2 N–H and O–H groups in total. The van der Waals surface area contributed by atoms with Gasteiger partial charge in [0.1, 0.15) is 18.0 Å². The van der Waals surface area contributed by atoms with Crippen LogP contribution in [0.2, 0.25) is 0 Å². The van der Waals surface area contributed by atoms with Gasteiger partial charge in [0.15, 0.2) is 6.61 Å². The first-order valence-electron chi connectivity index (χ1n) is 9.32. The number of nitrogens with one attached hydrogen (secondary N) is 2. The van der Waals surface area contributed by atoms with Crippen LogP contribution >= 0.6 is 0 Å². The monoisotopic (exact) mass is 397 g/mol. The number of aryl methyl sites for hydroxylation is 1. The topological polar surface area (TPSA) is 97.0 Å². The molecule has 0 saturated heterocycles. The Morgan fingerprint density at radius 2 is 1.90 bits per heavy atom. The zero-order valence-corrected chi connectivity index (χ0v) is 16.1. The van der Waals surface area contributed by atoms with E-state index in [9.17, 15) is 14.4 Å². The maximum absolute atomic E-state index is 12.1. The highest BCUT2D eigenvalue weighted by Gasteiger charge is 2.26. The number of para-hydroxylation sites is 2. The molecule has 2 aromatic carbocycles. The minimum absolute atomic E-state index is 0.127. The Morgan fingerprint density at radius 3 is 2.72 bits per heavy atom. The molecule has 0 atom stereocenters. The van der Waals surface area contributed by atoms with Crippen molar-refractivity contribution in [2.45, 2.75) is 19.8 Å². The van der Waals surface area contributed by atoms with Crippen LogP contribution in [-0.4, -0.2) is 37.5 Å². The average molecular weight is 397 g/mol. The largest absolute Gasteiger partial charge is 0.494 e. The van der Waals surface area contributed by atoms with Gasteiger partial charge in [0, 0.05) is 6.42 Å². The number of benzene rings is 2. The van der Waals surface area contributed by atoms with E-state index in [1.807, 2.05) is 31.2 Å². The van der Waals surface area contributed by atoms with Crippen molar-refractivity contribution < 1.29 is 23.9 Å². The van der Waals surface area contributed by atoms with Gasteiger partial charge in [-0.2, -0.15) is 0 Å². The van der Waals surface area contributed by atoms with E-state index in [1.165, 1.54) is 4.90 Å². The second-order valence-corrected chi connectivity index (χ2v) is 6.60. The summed E-state index contributed by atoms with van der Waals surface area (Å²) in [4.78, 5) is 37.4. The molecule has 8 nitrogen and oxygen atoms in total. The molecule has 29 heavy (non-hydrogen) atoms. The van der Waals surface area contributed by atoms with Crippen molar-refractivity contribution in [2.24, 2.45) is 0 Å². The van der Waals surface area contributed by atoms with E-state index >= 15 is 0 Å². The fourth-order valence-corrected chi connectivity index (χ4v) is 2.84. The van der Waals surface area contributed by atoms with Crippen molar-refractivity contribution in [3.8, 4) is 11.5 Å². The van der Waals surface area contributed by atoms with Gasteiger partial charge in [-0.25, -0.2) is 0 Å². The molecule has 1 aliphatic rings. The van der Waals surface area contributed by atoms with Crippen LogP contribution in [0.15, 0.2) is 48.5 Å². The first kappa shape index (κ1) is 20.2. The Hall–Kier alpha value is -3.55. The van der Waals surface area contributed by atoms with Crippen molar-refractivity contribution in [3.63, 3.8) is 0 Å². The molecule has 0 bridgehead atoms. The number of nitrogens with zero attached hydrogens (tertiary/aromatic N) is 1. The summed E-state index contributed by atoms with van der Waals surface area (Å²) in [5, 5.41) is 0. The van der Waals surface area contributed by atoms with Crippen LogP contribution in [0.1, 0.15) is 18.4 Å². The molecular formula is C21H23N3O5. The third-order valence-electron chi connectivity index (χ3n) is 4.26. The van der Waals surface area contributed by atoms with Crippen molar-refractivity contribution in [2.75, 3.05) is 24.7 Å². The Morgan fingerprint density at radius 1 is 1.10 bits per heavy atom. The molecule has 0 radical (unpaired) electrons. The maximum atomic E-state index is 12.1. The molecule has 0 spiro atoms. The first-order valence-corrected chi connectivity index (χ1v) is 9.32. The van der Waals surface area contributed by atoms with Crippen LogP contribution in [0, 0.1) is 6.92 Å². The number of carbonyl (C=O) groups is 3. The number of rotatable bonds is 7. The van der Waals surface area contributed by atoms with Crippen molar-refractivity contribution in [1.82, 2.24) is 10.9 Å². The van der Waals surface area contributed by atoms with Gasteiger partial charge in [-0.05, 0) is 43.2 Å². The van der Waals surface area contributed by atoms with Crippen molar-refractivity contribution in [3.05, 3.63) is 54.1 Å². The van der Waals surface area contributed by atoms with Crippen molar-refractivity contribution in [1.29, 1.82) is 0 Å². The third-order valence-corrected chi connectivity index (χ3v) is 4.26. The summed E-state index contributed by atoms with van der Waals surface area (Å²) in [5.41, 5.74) is 6.32. The van der Waals surface area contributed by atoms with Crippen LogP contribution in [0.5, 0.6) is 11.5 Å². The molecule has 3 amide bonds. The van der Waals surface area contributed by atoms with Gasteiger partial charge in [0.2, 0.25) is 5.91 Å². The van der Waals surface area contributed by atoms with Crippen LogP contribution in [0.3, 0.4) is 0 Å². The Bertz CT molecular complexity index is 899. The van der Waals surface area contributed by atoms with Gasteiger partial charge in [-0.1, -0.05) is 24.3 Å². The number of fused-ring (bicyclic) bond motifs is 1. The summed E-state index contributed by atoms with van der Waals surface area (Å²) >= 11 is 0. The Labute approximate surface area is 168 Å². The van der Waals surface area contributed by atoms with E-state index in [-0.39, 0.29) is 31.4 Å². The molecule has 152 valence electrons. The summed E-state index contributed by atoms with van der Waals surface area (Å²) in [6.07, 6.45) is 0.705. The third kappa shape index (κ3) is 5.71. The van der Waals surface area contributed by atoms with Crippen molar-refractivity contribution >= 4 is 23.4 Å². The Balaban J connectivity index is 1.38. The predicted molar refractivity (Wildman–Crippen MR) is 106 cm³/mol. The molecule has 2 aromatic rings. The fraction of sp³-hybridized carbons (Fsp3) is 0.286. The van der Waals surface area contributed by atoms with Gasteiger partial charge in [0.25, 0.3) is 11.8 Å². The standard InChI is InChI=1S/C21H23N3O5/c1-15-6-4-7-16(12-15)28-11-5-10-19(25)22-23-20(26)13-24-17-8-2-3-9-18(17)29-14-21(24)27/h2-4,6-9,12H,5,10-11,13-14H2,1H3,(H,22,25)(H,23,26). The van der Waals surface area contributed by atoms with Crippen LogP contribution in [0.25, 0.3) is 0 Å². The van der Waals surface area contributed by atoms with E-state index in [4.69, 9.17) is 9.47 Å². The predicted octanol–water partition coefficient (Wildman–Crippen LogP) is 1.73. The number of hydrogen-bond acceptors (Lipinski definition) is 5. The number of carbonyl (C=O) groups excluding carboxylic acids is 3. The number of hydrogen-bond donors (Lipinski definition) is 2. The van der Waals surface area contributed by atoms with Gasteiger partial charge in [-0.3, -0.25) is 30.1 Å². The quantitative estimate of drug-likeness (QED) is 0.548. The number of hydrazine groups is 1. The lowest BCUT2D eigenvalue weighted by Crippen LogP contribution is -2.49. The average Bonchev–Trinajstić information content (AvgIpc) is 2.72. The maximum Gasteiger partial charge on any atom is 0.265 e. The molecule has 1 aliphatic heterocycles. The van der Waals surface area contributed by atoms with E-state index in [0.29, 0.717) is 24.5 Å². The molecule has 0 unspecified atom stereocenters. The summed E-state index contributed by atoms with van der Waals surface area (Å²) in [7, 11) is 0. The number of anilines is 1. The molecular weight excluding hydrogens is 374 g/mol. The number of ether oxygens (including phenoxy) is 2. The summed E-state index contributed by atoms with van der Waals surface area (Å²) in [6.45, 7) is 2.03. The lowest BCUT2D eigenvalue weighted by atomic mass is 10.2. The lowest BCUT2D eigenvalue weighted by molar-refractivity contribution is -0.129. The van der Waals surface area contributed by atoms with Crippen LogP contribution in [0.4, 0.5) is 5.69 Å².